The van der Waals surface area contributed by atoms with Crippen molar-refractivity contribution in [3.63, 3.8) is 0 Å². The van der Waals surface area contributed by atoms with Crippen LogP contribution >= 0.6 is 0 Å². The van der Waals surface area contributed by atoms with Gasteiger partial charge in [-0.15, -0.1) is 0 Å². The van der Waals surface area contributed by atoms with Crippen LogP contribution in [0.5, 0.6) is 0 Å². The van der Waals surface area contributed by atoms with Gasteiger partial charge in [-0.3, -0.25) is 0 Å². The number of hydrogen-bond donors (Lipinski definition) is 1. The van der Waals surface area contributed by atoms with Gasteiger partial charge in [-0.1, -0.05) is 6.07 Å². The predicted octanol–water partition coefficient (Wildman–Crippen LogP) is 3.92. The average molecular weight is 293 g/mol. The Morgan fingerprint density at radius 1 is 1.25 bits per heavy atom. The average Bonchev–Trinajstić information content (AvgIpc) is 2.37. The molecule has 1 aromatic carbocycles. The van der Waals surface area contributed by atoms with Crippen molar-refractivity contribution in [3.8, 4) is 0 Å². The van der Waals surface area contributed by atoms with Gasteiger partial charge in [-0.2, -0.15) is 13.2 Å². The van der Waals surface area contributed by atoms with Crippen molar-refractivity contribution in [3.05, 3.63) is 35.1 Å². The van der Waals surface area contributed by atoms with E-state index < -0.39 is 17.6 Å². The molecule has 1 aromatic rings. The fraction of sp³-hybridized carbons (Fsp3) is 0.571. The van der Waals surface area contributed by atoms with Gasteiger partial charge < -0.3 is 10.1 Å². The third-order valence-corrected chi connectivity index (χ3v) is 3.31. The molecule has 0 radical (unpaired) electrons. The number of hydrogen-bond acceptors (Lipinski definition) is 2. The van der Waals surface area contributed by atoms with Gasteiger partial charge in [0.05, 0.1) is 11.7 Å². The Labute approximate surface area is 116 Å². The molecule has 114 valence electrons. The van der Waals surface area contributed by atoms with Crippen LogP contribution in [0.15, 0.2) is 18.2 Å². The summed E-state index contributed by atoms with van der Waals surface area (Å²) < 4.78 is 56.1. The first kappa shape index (κ1) is 16.9. The van der Waals surface area contributed by atoms with Crippen LogP contribution in [0, 0.1) is 5.82 Å². The highest BCUT2D eigenvalue weighted by atomic mass is 19.4. The van der Waals surface area contributed by atoms with Crippen molar-refractivity contribution < 1.29 is 22.3 Å². The molecule has 0 bridgehead atoms. The maximum absolute atomic E-state index is 13.5. The molecule has 0 saturated heterocycles. The molecule has 0 aliphatic heterocycles. The Balaban J connectivity index is 2.87. The fourth-order valence-corrected chi connectivity index (χ4v) is 1.97. The maximum Gasteiger partial charge on any atom is 0.419 e. The Hall–Kier alpha value is -1.14. The molecule has 0 amide bonds. The Kier molecular flexibility index (Phi) is 5.95. The van der Waals surface area contributed by atoms with Crippen LogP contribution in [-0.4, -0.2) is 20.3 Å². The summed E-state index contributed by atoms with van der Waals surface area (Å²) in [5, 5.41) is 2.98. The normalized spacial score (nSPS) is 15.2. The maximum atomic E-state index is 13.5. The van der Waals surface area contributed by atoms with Gasteiger partial charge in [0.1, 0.15) is 5.82 Å². The van der Waals surface area contributed by atoms with Crippen molar-refractivity contribution in [1.29, 1.82) is 0 Å². The van der Waals surface area contributed by atoms with Gasteiger partial charge in [0, 0.05) is 13.2 Å². The van der Waals surface area contributed by atoms with E-state index in [1.54, 1.807) is 14.2 Å². The first-order valence-corrected chi connectivity index (χ1v) is 6.36. The van der Waals surface area contributed by atoms with E-state index in [9.17, 15) is 17.6 Å². The zero-order valence-corrected chi connectivity index (χ0v) is 11.7. The van der Waals surface area contributed by atoms with Gasteiger partial charge in [-0.25, -0.2) is 4.39 Å². The van der Waals surface area contributed by atoms with E-state index in [-0.39, 0.29) is 12.1 Å². The molecule has 1 N–H and O–H groups in total. The van der Waals surface area contributed by atoms with Crippen molar-refractivity contribution >= 4 is 0 Å². The molecule has 0 aromatic heterocycles. The van der Waals surface area contributed by atoms with Crippen molar-refractivity contribution in [2.24, 2.45) is 0 Å². The highest BCUT2D eigenvalue weighted by molar-refractivity contribution is 5.28. The van der Waals surface area contributed by atoms with E-state index in [2.05, 4.69) is 5.32 Å². The molecule has 0 spiro atoms. The molecule has 2 atom stereocenters. The van der Waals surface area contributed by atoms with E-state index in [4.69, 9.17) is 4.74 Å². The van der Waals surface area contributed by atoms with Crippen LogP contribution in [-0.2, 0) is 10.9 Å². The molecule has 20 heavy (non-hydrogen) atoms. The third kappa shape index (κ3) is 4.45. The van der Waals surface area contributed by atoms with E-state index in [0.29, 0.717) is 12.0 Å². The van der Waals surface area contributed by atoms with E-state index in [1.807, 2.05) is 6.92 Å². The second-order valence-electron chi connectivity index (χ2n) is 4.70. The lowest BCUT2D eigenvalue weighted by atomic mass is 9.99. The summed E-state index contributed by atoms with van der Waals surface area (Å²) in [7, 11) is 3.29. The van der Waals surface area contributed by atoms with Gasteiger partial charge >= 0.3 is 6.18 Å². The number of nitrogens with one attached hydrogen (secondary N) is 1. The minimum atomic E-state index is -4.66. The van der Waals surface area contributed by atoms with Crippen molar-refractivity contribution in [1.82, 2.24) is 5.32 Å². The molecule has 2 unspecified atom stereocenters. The summed E-state index contributed by atoms with van der Waals surface area (Å²) in [5.74, 6) is -1.24. The predicted molar refractivity (Wildman–Crippen MR) is 68.9 cm³/mol. The van der Waals surface area contributed by atoms with Crippen LogP contribution in [0.1, 0.15) is 36.9 Å². The van der Waals surface area contributed by atoms with Gasteiger partial charge in [0.2, 0.25) is 0 Å². The van der Waals surface area contributed by atoms with Crippen LogP contribution in [0.2, 0.25) is 0 Å². The molecular weight excluding hydrogens is 274 g/mol. The summed E-state index contributed by atoms with van der Waals surface area (Å²) in [6, 6.07) is 2.84. The summed E-state index contributed by atoms with van der Waals surface area (Å²) in [6.07, 6.45) is -3.24. The Morgan fingerprint density at radius 3 is 2.35 bits per heavy atom. The monoisotopic (exact) mass is 293 g/mol. The first-order chi connectivity index (χ1) is 9.29. The van der Waals surface area contributed by atoms with E-state index in [0.717, 1.165) is 18.6 Å². The summed E-state index contributed by atoms with van der Waals surface area (Å²) in [6.45, 7) is 1.90. The Morgan fingerprint density at radius 2 is 1.90 bits per heavy atom. The minimum absolute atomic E-state index is 0.0464. The molecular formula is C14H19F4NO. The molecule has 0 aliphatic carbocycles. The second kappa shape index (κ2) is 7.04. The first-order valence-electron chi connectivity index (χ1n) is 6.36. The smallest absolute Gasteiger partial charge is 0.382 e. The standard InChI is InChI=1S/C14H19F4NO/c1-9(20-3)4-7-13(19-2)10-5-6-11(12(15)8-10)14(16,17)18/h5-6,8-9,13,19H,4,7H2,1-3H3. The second-order valence-corrected chi connectivity index (χ2v) is 4.70. The molecule has 1 rings (SSSR count). The molecule has 6 heteroatoms. The van der Waals surface area contributed by atoms with Crippen molar-refractivity contribution in [2.45, 2.75) is 38.1 Å². The molecule has 0 heterocycles. The van der Waals surface area contributed by atoms with Crippen molar-refractivity contribution in [2.75, 3.05) is 14.2 Å². The van der Waals surface area contributed by atoms with E-state index >= 15 is 0 Å². The number of ether oxygens (including phenoxy) is 1. The van der Waals surface area contributed by atoms with Gasteiger partial charge in [-0.05, 0) is 44.5 Å². The fourth-order valence-electron chi connectivity index (χ4n) is 1.97. The third-order valence-electron chi connectivity index (χ3n) is 3.31. The zero-order chi connectivity index (χ0) is 15.3. The quantitative estimate of drug-likeness (QED) is 0.803. The molecule has 0 aliphatic rings. The van der Waals surface area contributed by atoms with Crippen LogP contribution in [0.4, 0.5) is 17.6 Å². The molecule has 0 saturated carbocycles. The number of methoxy groups -OCH3 is 1. The number of halogens is 4. The Bertz CT molecular complexity index is 434. The van der Waals surface area contributed by atoms with E-state index in [1.165, 1.54) is 6.07 Å². The lowest BCUT2D eigenvalue weighted by molar-refractivity contribution is -0.140. The minimum Gasteiger partial charge on any atom is -0.382 e. The number of alkyl halides is 3. The van der Waals surface area contributed by atoms with Crippen LogP contribution in [0.3, 0.4) is 0 Å². The van der Waals surface area contributed by atoms with Gasteiger partial charge in [0.25, 0.3) is 0 Å². The largest absolute Gasteiger partial charge is 0.419 e. The zero-order valence-electron chi connectivity index (χ0n) is 11.7. The highest BCUT2D eigenvalue weighted by Crippen LogP contribution is 2.33. The molecule has 0 fully saturated rings. The summed E-state index contributed by atoms with van der Waals surface area (Å²) in [5.41, 5.74) is -0.734. The topological polar surface area (TPSA) is 21.3 Å². The van der Waals surface area contributed by atoms with Crippen LogP contribution in [0.25, 0.3) is 0 Å². The molecule has 2 nitrogen and oxygen atoms in total. The van der Waals surface area contributed by atoms with Gasteiger partial charge in [0.15, 0.2) is 0 Å². The lowest BCUT2D eigenvalue weighted by Gasteiger charge is -2.19. The summed E-state index contributed by atoms with van der Waals surface area (Å²) >= 11 is 0. The number of rotatable bonds is 6. The lowest BCUT2D eigenvalue weighted by Crippen LogP contribution is -2.19. The SMILES string of the molecule is CNC(CCC(C)OC)c1ccc(C(F)(F)F)c(F)c1. The van der Waals surface area contributed by atoms with Crippen LogP contribution < -0.4 is 5.32 Å². The summed E-state index contributed by atoms with van der Waals surface area (Å²) in [4.78, 5) is 0. The highest BCUT2D eigenvalue weighted by Gasteiger charge is 2.34. The number of benzene rings is 1.